The fourth-order valence-electron chi connectivity index (χ4n) is 5.14. The van der Waals surface area contributed by atoms with E-state index in [-0.39, 0.29) is 5.56 Å². The fraction of sp³-hybridized carbons (Fsp3) is 0.520. The van der Waals surface area contributed by atoms with Crippen LogP contribution in [0.3, 0.4) is 0 Å². The molecule has 0 unspecified atom stereocenters. The molecule has 6 heteroatoms. The predicted octanol–water partition coefficient (Wildman–Crippen LogP) is 4.11. The highest BCUT2D eigenvalue weighted by atomic mass is 32.1. The maximum absolute atomic E-state index is 13.1. The summed E-state index contributed by atoms with van der Waals surface area (Å²) in [5.74, 6) is 0.713. The zero-order chi connectivity index (χ0) is 21.2. The molecule has 0 spiro atoms. The number of hydrogen-bond acceptors (Lipinski definition) is 5. The first kappa shape index (κ1) is 20.9. The van der Waals surface area contributed by atoms with Crippen LogP contribution in [0.2, 0.25) is 0 Å². The number of hydrogen-bond donors (Lipinski definition) is 0. The SMILES string of the molecule is CN1CCc2c(sc3ncn(CCCCN4CCC(c5ccccc5)CC4)c(=O)c23)C1. The number of benzene rings is 1. The lowest BCUT2D eigenvalue weighted by Crippen LogP contribution is -2.33. The molecule has 0 N–H and O–H groups in total. The molecule has 0 atom stereocenters. The van der Waals surface area contributed by atoms with E-state index >= 15 is 0 Å². The minimum absolute atomic E-state index is 0.163. The molecule has 0 radical (unpaired) electrons. The molecular weight excluding hydrogens is 404 g/mol. The minimum atomic E-state index is 0.163. The topological polar surface area (TPSA) is 41.4 Å². The zero-order valence-electron chi connectivity index (χ0n) is 18.4. The van der Waals surface area contributed by atoms with Gasteiger partial charge in [0.1, 0.15) is 4.83 Å². The highest BCUT2D eigenvalue weighted by Gasteiger charge is 2.22. The predicted molar refractivity (Wildman–Crippen MR) is 128 cm³/mol. The van der Waals surface area contributed by atoms with E-state index in [9.17, 15) is 4.79 Å². The highest BCUT2D eigenvalue weighted by molar-refractivity contribution is 7.18. The van der Waals surface area contributed by atoms with Gasteiger partial charge in [0.15, 0.2) is 0 Å². The zero-order valence-corrected chi connectivity index (χ0v) is 19.2. The first-order chi connectivity index (χ1) is 15.2. The lowest BCUT2D eigenvalue weighted by molar-refractivity contribution is 0.207. The number of aromatic nitrogens is 2. The van der Waals surface area contributed by atoms with Gasteiger partial charge in [-0.05, 0) is 75.8 Å². The molecule has 1 aromatic carbocycles. The van der Waals surface area contributed by atoms with Crippen molar-refractivity contribution < 1.29 is 0 Å². The molecule has 4 heterocycles. The number of thiophene rings is 1. The molecule has 2 aromatic heterocycles. The number of nitrogens with zero attached hydrogens (tertiary/aromatic N) is 4. The van der Waals surface area contributed by atoms with Crippen LogP contribution in [0.25, 0.3) is 10.2 Å². The van der Waals surface area contributed by atoms with Crippen molar-refractivity contribution in [3.63, 3.8) is 0 Å². The maximum Gasteiger partial charge on any atom is 0.262 e. The van der Waals surface area contributed by atoms with Crippen LogP contribution in [0.5, 0.6) is 0 Å². The van der Waals surface area contributed by atoms with Crippen molar-refractivity contribution in [2.45, 2.75) is 51.1 Å². The number of likely N-dealkylation sites (N-methyl/N-ethyl adjacent to an activating group) is 1. The molecule has 164 valence electrons. The first-order valence-corrected chi connectivity index (χ1v) is 12.5. The third-order valence-corrected chi connectivity index (χ3v) is 8.12. The minimum Gasteiger partial charge on any atom is -0.303 e. The molecule has 0 amide bonds. The van der Waals surface area contributed by atoms with Crippen molar-refractivity contribution in [1.29, 1.82) is 0 Å². The Morgan fingerprint density at radius 2 is 1.84 bits per heavy atom. The Labute approximate surface area is 188 Å². The second kappa shape index (κ2) is 9.23. The summed E-state index contributed by atoms with van der Waals surface area (Å²) in [5, 5.41) is 0.888. The van der Waals surface area contributed by atoms with E-state index in [4.69, 9.17) is 0 Å². The number of fused-ring (bicyclic) bond motifs is 3. The monoisotopic (exact) mass is 436 g/mol. The van der Waals surface area contributed by atoms with Gasteiger partial charge in [-0.2, -0.15) is 0 Å². The Bertz CT molecular complexity index is 1080. The number of piperidine rings is 1. The second-order valence-electron chi connectivity index (χ2n) is 9.15. The van der Waals surface area contributed by atoms with Crippen molar-refractivity contribution in [1.82, 2.24) is 19.4 Å². The summed E-state index contributed by atoms with van der Waals surface area (Å²) < 4.78 is 1.84. The third kappa shape index (κ3) is 4.47. The van der Waals surface area contributed by atoms with Crippen LogP contribution < -0.4 is 5.56 Å². The van der Waals surface area contributed by atoms with Crippen molar-refractivity contribution in [2.75, 3.05) is 33.2 Å². The number of likely N-dealkylation sites (tertiary alicyclic amines) is 1. The lowest BCUT2D eigenvalue weighted by Gasteiger charge is -2.32. The Balaban J connectivity index is 1.14. The first-order valence-electron chi connectivity index (χ1n) is 11.6. The smallest absolute Gasteiger partial charge is 0.262 e. The summed E-state index contributed by atoms with van der Waals surface area (Å²) in [5.41, 5.74) is 2.91. The van der Waals surface area contributed by atoms with Crippen LogP contribution in [-0.2, 0) is 19.5 Å². The molecule has 3 aromatic rings. The van der Waals surface area contributed by atoms with Crippen LogP contribution >= 0.6 is 11.3 Å². The van der Waals surface area contributed by atoms with E-state index in [1.54, 1.807) is 17.7 Å². The largest absolute Gasteiger partial charge is 0.303 e. The Hall–Kier alpha value is -2.02. The highest BCUT2D eigenvalue weighted by Crippen LogP contribution is 2.31. The van der Waals surface area contributed by atoms with Gasteiger partial charge >= 0.3 is 0 Å². The summed E-state index contributed by atoms with van der Waals surface area (Å²) >= 11 is 1.70. The standard InChI is InChI=1S/C25H32N4OS/c1-27-14-11-21-22(17-27)31-24-23(21)25(30)29(18-26-24)13-6-5-12-28-15-9-20(10-16-28)19-7-3-2-4-8-19/h2-4,7-8,18,20H,5-6,9-17H2,1H3. The van der Waals surface area contributed by atoms with Gasteiger partial charge in [0.25, 0.3) is 5.56 Å². The van der Waals surface area contributed by atoms with E-state index in [1.807, 2.05) is 4.57 Å². The van der Waals surface area contributed by atoms with Crippen molar-refractivity contribution in [3.05, 3.63) is 63.0 Å². The van der Waals surface area contributed by atoms with Gasteiger partial charge in [-0.3, -0.25) is 9.36 Å². The Morgan fingerprint density at radius 3 is 2.65 bits per heavy atom. The van der Waals surface area contributed by atoms with Crippen LogP contribution in [-0.4, -0.2) is 52.6 Å². The normalized spacial score (nSPS) is 18.5. The molecule has 0 aliphatic carbocycles. The number of aryl methyl sites for hydroxylation is 1. The number of unbranched alkanes of at least 4 members (excludes halogenated alkanes) is 1. The van der Waals surface area contributed by atoms with Gasteiger partial charge in [-0.1, -0.05) is 30.3 Å². The summed E-state index contributed by atoms with van der Waals surface area (Å²) in [4.78, 5) is 24.9. The van der Waals surface area contributed by atoms with Crippen molar-refractivity contribution >= 4 is 21.6 Å². The summed E-state index contributed by atoms with van der Waals surface area (Å²) in [6, 6.07) is 10.9. The van der Waals surface area contributed by atoms with Crippen LogP contribution in [0.1, 0.15) is 47.6 Å². The third-order valence-electron chi connectivity index (χ3n) is 7.00. The quantitative estimate of drug-likeness (QED) is 0.546. The summed E-state index contributed by atoms with van der Waals surface area (Å²) in [6.07, 6.45) is 7.40. The maximum atomic E-state index is 13.1. The van der Waals surface area contributed by atoms with Crippen LogP contribution in [0.4, 0.5) is 0 Å². The fourth-order valence-corrected chi connectivity index (χ4v) is 6.40. The lowest BCUT2D eigenvalue weighted by atomic mass is 9.89. The summed E-state index contributed by atoms with van der Waals surface area (Å²) in [6.45, 7) is 6.23. The molecule has 0 bridgehead atoms. The van der Waals surface area contributed by atoms with Gasteiger partial charge in [0.2, 0.25) is 0 Å². The van der Waals surface area contributed by atoms with Gasteiger partial charge in [0, 0.05) is 24.5 Å². The average Bonchev–Trinajstić information content (AvgIpc) is 3.17. The van der Waals surface area contributed by atoms with E-state index in [1.165, 1.54) is 41.9 Å². The van der Waals surface area contributed by atoms with Gasteiger partial charge in [0.05, 0.1) is 11.7 Å². The molecule has 5 rings (SSSR count). The van der Waals surface area contributed by atoms with Crippen molar-refractivity contribution in [2.24, 2.45) is 0 Å². The average molecular weight is 437 g/mol. The van der Waals surface area contributed by atoms with Crippen molar-refractivity contribution in [3.8, 4) is 0 Å². The van der Waals surface area contributed by atoms with Crippen LogP contribution in [0, 0.1) is 0 Å². The Kier molecular flexibility index (Phi) is 6.21. The molecule has 2 aliphatic rings. The molecule has 5 nitrogen and oxygen atoms in total. The molecule has 1 saturated heterocycles. The summed E-state index contributed by atoms with van der Waals surface area (Å²) in [7, 11) is 2.14. The van der Waals surface area contributed by atoms with Gasteiger partial charge < -0.3 is 9.80 Å². The Morgan fingerprint density at radius 1 is 1.06 bits per heavy atom. The molecule has 1 fully saturated rings. The van der Waals surface area contributed by atoms with E-state index < -0.39 is 0 Å². The van der Waals surface area contributed by atoms with Gasteiger partial charge in [-0.25, -0.2) is 4.98 Å². The molecule has 31 heavy (non-hydrogen) atoms. The van der Waals surface area contributed by atoms with E-state index in [2.05, 4.69) is 52.2 Å². The van der Waals surface area contributed by atoms with E-state index in [0.29, 0.717) is 5.92 Å². The molecular formula is C25H32N4OS. The second-order valence-corrected chi connectivity index (χ2v) is 10.2. The molecule has 0 saturated carbocycles. The molecule has 2 aliphatic heterocycles. The van der Waals surface area contributed by atoms with Gasteiger partial charge in [-0.15, -0.1) is 11.3 Å². The number of rotatable bonds is 6. The van der Waals surface area contributed by atoms with E-state index in [0.717, 1.165) is 55.7 Å². The van der Waals surface area contributed by atoms with Crippen LogP contribution in [0.15, 0.2) is 41.5 Å².